The van der Waals surface area contributed by atoms with Crippen LogP contribution in [0.5, 0.6) is 0 Å². The fourth-order valence-electron chi connectivity index (χ4n) is 2.03. The van der Waals surface area contributed by atoms with E-state index in [1.54, 1.807) is 20.8 Å². The number of hydrogen-bond acceptors (Lipinski definition) is 5. The van der Waals surface area contributed by atoms with Crippen LogP contribution < -0.4 is 0 Å². The summed E-state index contributed by atoms with van der Waals surface area (Å²) in [7, 11) is -2.11. The highest BCUT2D eigenvalue weighted by molar-refractivity contribution is 7.89. The first-order valence-electron chi connectivity index (χ1n) is 6.09. The minimum absolute atomic E-state index is 0.0985. The Kier molecular flexibility index (Phi) is 5.54. The molecule has 1 aromatic heterocycles. The Bertz CT molecular complexity index is 508. The van der Waals surface area contributed by atoms with Crippen molar-refractivity contribution in [1.29, 1.82) is 0 Å². The first-order valence-corrected chi connectivity index (χ1v) is 7.53. The third-order valence-electron chi connectivity index (χ3n) is 2.88. The summed E-state index contributed by atoms with van der Waals surface area (Å²) in [6.45, 7) is 5.46. The molecule has 0 aliphatic carbocycles. The number of aliphatic hydroxyl groups excluding tert-OH is 1. The monoisotopic (exact) mass is 291 g/mol. The van der Waals surface area contributed by atoms with Gasteiger partial charge in [0.25, 0.3) is 0 Å². The lowest BCUT2D eigenvalue weighted by atomic mass is 10.4. The summed E-state index contributed by atoms with van der Waals surface area (Å²) in [5.74, 6) is 0.527. The van der Waals surface area contributed by atoms with E-state index in [0.29, 0.717) is 13.2 Å². The number of sulfonamides is 1. The van der Waals surface area contributed by atoms with Crippen LogP contribution in [0.3, 0.4) is 0 Å². The molecular weight excluding hydrogens is 270 g/mol. The van der Waals surface area contributed by atoms with Crippen molar-refractivity contribution in [2.75, 3.05) is 20.3 Å². The second-order valence-corrected chi connectivity index (χ2v) is 6.16. The number of aliphatic hydroxyl groups is 1. The highest BCUT2D eigenvalue weighted by atomic mass is 32.2. The first-order chi connectivity index (χ1) is 8.88. The van der Waals surface area contributed by atoms with Crippen LogP contribution in [-0.4, -0.2) is 44.1 Å². The molecule has 1 unspecified atom stereocenters. The fraction of sp³-hybridized carbons (Fsp3) is 0.667. The van der Waals surface area contributed by atoms with E-state index in [9.17, 15) is 8.42 Å². The molecule has 0 bridgehead atoms. The number of ether oxygens (including phenoxy) is 1. The van der Waals surface area contributed by atoms with Crippen LogP contribution in [0.25, 0.3) is 0 Å². The van der Waals surface area contributed by atoms with Crippen LogP contribution in [0.15, 0.2) is 15.4 Å². The van der Waals surface area contributed by atoms with Crippen molar-refractivity contribution in [2.45, 2.75) is 38.3 Å². The number of furan rings is 1. The molecule has 1 atom stereocenters. The molecule has 0 fully saturated rings. The van der Waals surface area contributed by atoms with E-state index >= 15 is 0 Å². The lowest BCUT2D eigenvalue weighted by molar-refractivity contribution is 0.142. The summed E-state index contributed by atoms with van der Waals surface area (Å²) < 4.78 is 36.7. The molecule has 0 aromatic carbocycles. The SMILES string of the molecule is CCN(C(C)COC)S(=O)(=O)c1cc(CO)oc1C. The van der Waals surface area contributed by atoms with E-state index in [4.69, 9.17) is 14.3 Å². The number of nitrogens with zero attached hydrogens (tertiary/aromatic N) is 1. The predicted octanol–water partition coefficient (Wildman–Crippen LogP) is 1.13. The van der Waals surface area contributed by atoms with Gasteiger partial charge in [-0.2, -0.15) is 4.31 Å². The molecule has 0 aliphatic heterocycles. The summed E-state index contributed by atoms with van der Waals surface area (Å²) in [6, 6.07) is 1.10. The number of hydrogen-bond donors (Lipinski definition) is 1. The van der Waals surface area contributed by atoms with E-state index in [0.717, 1.165) is 0 Å². The average molecular weight is 291 g/mol. The highest BCUT2D eigenvalue weighted by Gasteiger charge is 2.31. The Morgan fingerprint density at radius 1 is 1.53 bits per heavy atom. The summed E-state index contributed by atoms with van der Waals surface area (Å²) in [4.78, 5) is 0.0985. The molecule has 1 heterocycles. The van der Waals surface area contributed by atoms with Gasteiger partial charge in [-0.1, -0.05) is 6.92 Å². The number of methoxy groups -OCH3 is 1. The van der Waals surface area contributed by atoms with Crippen molar-refractivity contribution in [3.63, 3.8) is 0 Å². The highest BCUT2D eigenvalue weighted by Crippen LogP contribution is 2.25. The topological polar surface area (TPSA) is 80.0 Å². The van der Waals surface area contributed by atoms with E-state index < -0.39 is 10.0 Å². The Labute approximate surface area is 114 Å². The molecule has 6 nitrogen and oxygen atoms in total. The van der Waals surface area contributed by atoms with E-state index in [1.807, 2.05) is 0 Å². The third kappa shape index (κ3) is 3.36. The maximum atomic E-state index is 12.6. The smallest absolute Gasteiger partial charge is 0.246 e. The van der Waals surface area contributed by atoms with Crippen molar-refractivity contribution in [2.24, 2.45) is 0 Å². The molecule has 0 amide bonds. The molecule has 0 saturated carbocycles. The Morgan fingerprint density at radius 2 is 2.16 bits per heavy atom. The molecule has 1 rings (SSSR count). The standard InChI is InChI=1S/C12H21NO5S/c1-5-13(9(2)8-17-4)19(15,16)12-6-11(7-14)18-10(12)3/h6,9,14H,5,7-8H2,1-4H3. The van der Waals surface area contributed by atoms with Gasteiger partial charge in [0.15, 0.2) is 0 Å². The molecule has 1 N–H and O–H groups in total. The van der Waals surface area contributed by atoms with Crippen LogP contribution in [0.4, 0.5) is 0 Å². The largest absolute Gasteiger partial charge is 0.462 e. The first kappa shape index (κ1) is 16.2. The van der Waals surface area contributed by atoms with Gasteiger partial charge in [0.05, 0.1) is 6.61 Å². The van der Waals surface area contributed by atoms with Crippen molar-refractivity contribution in [3.8, 4) is 0 Å². The van der Waals surface area contributed by atoms with Gasteiger partial charge in [-0.15, -0.1) is 0 Å². The Hall–Kier alpha value is -0.890. The summed E-state index contributed by atoms with van der Waals surface area (Å²) in [6.07, 6.45) is 0. The van der Waals surface area contributed by atoms with Gasteiger partial charge in [0.1, 0.15) is 23.0 Å². The van der Waals surface area contributed by atoms with Gasteiger partial charge < -0.3 is 14.3 Å². The summed E-state index contributed by atoms with van der Waals surface area (Å²) in [5.41, 5.74) is 0. The van der Waals surface area contributed by atoms with Gasteiger partial charge in [0, 0.05) is 25.8 Å². The molecule has 110 valence electrons. The number of aryl methyl sites for hydroxylation is 1. The average Bonchev–Trinajstić information content (AvgIpc) is 2.72. The lowest BCUT2D eigenvalue weighted by Crippen LogP contribution is -2.40. The van der Waals surface area contributed by atoms with Crippen LogP contribution in [0.2, 0.25) is 0 Å². The van der Waals surface area contributed by atoms with Gasteiger partial charge in [-0.3, -0.25) is 0 Å². The zero-order valence-electron chi connectivity index (χ0n) is 11.7. The number of likely N-dealkylation sites (N-methyl/N-ethyl adjacent to an activating group) is 1. The number of rotatable bonds is 7. The maximum absolute atomic E-state index is 12.6. The molecule has 0 saturated heterocycles. The van der Waals surface area contributed by atoms with Crippen LogP contribution >= 0.6 is 0 Å². The van der Waals surface area contributed by atoms with Crippen molar-refractivity contribution >= 4 is 10.0 Å². The van der Waals surface area contributed by atoms with Crippen LogP contribution in [0.1, 0.15) is 25.4 Å². The molecule has 7 heteroatoms. The van der Waals surface area contributed by atoms with Gasteiger partial charge in [-0.25, -0.2) is 8.42 Å². The molecule has 0 spiro atoms. The van der Waals surface area contributed by atoms with Crippen molar-refractivity contribution in [3.05, 3.63) is 17.6 Å². The molecule has 1 aromatic rings. The van der Waals surface area contributed by atoms with Crippen LogP contribution in [0, 0.1) is 6.92 Å². The Morgan fingerprint density at radius 3 is 2.58 bits per heavy atom. The van der Waals surface area contributed by atoms with Crippen LogP contribution in [-0.2, 0) is 21.4 Å². The van der Waals surface area contributed by atoms with Gasteiger partial charge >= 0.3 is 0 Å². The molecule has 0 radical (unpaired) electrons. The second-order valence-electron chi connectivity index (χ2n) is 4.30. The molecular formula is C12H21NO5S. The normalized spacial score (nSPS) is 14.0. The van der Waals surface area contributed by atoms with Crippen molar-refractivity contribution < 1.29 is 22.7 Å². The van der Waals surface area contributed by atoms with Gasteiger partial charge in [-0.05, 0) is 13.8 Å². The Balaban J connectivity index is 3.16. The molecule has 0 aliphatic rings. The second kappa shape index (κ2) is 6.51. The predicted molar refractivity (Wildman–Crippen MR) is 70.3 cm³/mol. The quantitative estimate of drug-likeness (QED) is 0.814. The lowest BCUT2D eigenvalue weighted by Gasteiger charge is -2.26. The van der Waals surface area contributed by atoms with E-state index in [1.165, 1.54) is 17.5 Å². The maximum Gasteiger partial charge on any atom is 0.246 e. The van der Waals surface area contributed by atoms with Gasteiger partial charge in [0.2, 0.25) is 10.0 Å². The third-order valence-corrected chi connectivity index (χ3v) is 5.07. The molecule has 19 heavy (non-hydrogen) atoms. The van der Waals surface area contributed by atoms with Crippen molar-refractivity contribution in [1.82, 2.24) is 4.31 Å². The minimum Gasteiger partial charge on any atom is -0.462 e. The van der Waals surface area contributed by atoms with E-state index in [-0.39, 0.29) is 29.1 Å². The summed E-state index contributed by atoms with van der Waals surface area (Å²) >= 11 is 0. The zero-order chi connectivity index (χ0) is 14.6. The summed E-state index contributed by atoms with van der Waals surface area (Å²) in [5, 5.41) is 9.01. The fourth-order valence-corrected chi connectivity index (χ4v) is 3.84. The van der Waals surface area contributed by atoms with E-state index in [2.05, 4.69) is 0 Å². The minimum atomic E-state index is -3.64. The zero-order valence-corrected chi connectivity index (χ0v) is 12.5.